The number of carbonyl (C=O) groups excluding carboxylic acids is 2. The van der Waals surface area contributed by atoms with Gasteiger partial charge in [-0.15, -0.1) is 0 Å². The number of nitrogens with zero attached hydrogens (tertiary/aromatic N) is 1. The summed E-state index contributed by atoms with van der Waals surface area (Å²) in [6.45, 7) is 5.76. The molecule has 0 aromatic carbocycles. The quantitative estimate of drug-likeness (QED) is 0.741. The summed E-state index contributed by atoms with van der Waals surface area (Å²) < 4.78 is 4.63. The second kappa shape index (κ2) is 7.68. The maximum absolute atomic E-state index is 12.8. The second-order valence-electron chi connectivity index (χ2n) is 7.02. The monoisotopic (exact) mass is 336 g/mol. The summed E-state index contributed by atoms with van der Waals surface area (Å²) in [6.07, 6.45) is 5.88. The van der Waals surface area contributed by atoms with Gasteiger partial charge in [-0.3, -0.25) is 4.79 Å². The minimum atomic E-state index is -0.617. The lowest BCUT2D eigenvalue weighted by atomic mass is 9.91. The molecule has 1 saturated carbocycles. The van der Waals surface area contributed by atoms with Crippen LogP contribution in [0.3, 0.4) is 0 Å². The van der Waals surface area contributed by atoms with Crippen molar-refractivity contribution in [1.29, 1.82) is 0 Å². The first-order chi connectivity index (χ1) is 11.3. The summed E-state index contributed by atoms with van der Waals surface area (Å²) in [5.74, 6) is 0.686. The van der Waals surface area contributed by atoms with Crippen LogP contribution < -0.4 is 10.6 Å². The van der Waals surface area contributed by atoms with E-state index in [4.69, 9.17) is 0 Å². The maximum atomic E-state index is 12.8. The lowest BCUT2D eigenvalue weighted by Crippen LogP contribution is -2.57. The van der Waals surface area contributed by atoms with E-state index >= 15 is 0 Å². The molecule has 0 aliphatic heterocycles. The molecule has 0 unspecified atom stereocenters. The van der Waals surface area contributed by atoms with Crippen molar-refractivity contribution in [2.45, 2.75) is 64.5 Å². The van der Waals surface area contributed by atoms with Crippen LogP contribution in [0.25, 0.3) is 0 Å². The Labute approximate surface area is 142 Å². The molecule has 1 aromatic rings. The molecule has 0 radical (unpaired) electrons. The maximum Gasteiger partial charge on any atom is 0.407 e. The zero-order valence-electron chi connectivity index (χ0n) is 14.9. The van der Waals surface area contributed by atoms with Crippen molar-refractivity contribution in [2.24, 2.45) is 5.92 Å². The van der Waals surface area contributed by atoms with Gasteiger partial charge in [0.15, 0.2) is 0 Å². The Bertz CT molecular complexity index is 576. The zero-order valence-corrected chi connectivity index (χ0v) is 14.9. The Balaban J connectivity index is 2.10. The molecule has 2 amide bonds. The number of aryl methyl sites for hydroxylation is 1. The van der Waals surface area contributed by atoms with Gasteiger partial charge in [-0.2, -0.15) is 0 Å². The second-order valence-corrected chi connectivity index (χ2v) is 7.02. The fourth-order valence-corrected chi connectivity index (χ4v) is 3.33. The van der Waals surface area contributed by atoms with Crippen LogP contribution >= 0.6 is 0 Å². The number of ether oxygens (including phenoxy) is 1. The van der Waals surface area contributed by atoms with Crippen molar-refractivity contribution < 1.29 is 14.3 Å². The molecule has 24 heavy (non-hydrogen) atoms. The van der Waals surface area contributed by atoms with Gasteiger partial charge in [-0.05, 0) is 25.7 Å². The number of carbonyl (C=O) groups is 2. The number of hydrogen-bond donors (Lipinski definition) is 3. The molecule has 1 aliphatic rings. The van der Waals surface area contributed by atoms with E-state index in [2.05, 4.69) is 25.3 Å². The van der Waals surface area contributed by atoms with Gasteiger partial charge in [0.2, 0.25) is 5.91 Å². The van der Waals surface area contributed by atoms with Crippen LogP contribution in [-0.2, 0) is 16.0 Å². The Morgan fingerprint density at radius 1 is 1.38 bits per heavy atom. The highest BCUT2D eigenvalue weighted by molar-refractivity contribution is 5.86. The van der Waals surface area contributed by atoms with E-state index < -0.39 is 12.1 Å². The third-order valence-corrected chi connectivity index (χ3v) is 4.62. The van der Waals surface area contributed by atoms with Crippen molar-refractivity contribution in [3.63, 3.8) is 0 Å². The third kappa shape index (κ3) is 4.49. The van der Waals surface area contributed by atoms with Gasteiger partial charge in [-0.25, -0.2) is 9.78 Å². The number of methoxy groups -OCH3 is 1. The number of rotatable bonds is 6. The summed E-state index contributed by atoms with van der Waals surface area (Å²) in [7, 11) is 1.29. The molecule has 1 fully saturated rings. The summed E-state index contributed by atoms with van der Waals surface area (Å²) in [6, 6.07) is -0.617. The molecular formula is C17H28N4O3. The van der Waals surface area contributed by atoms with Crippen molar-refractivity contribution >= 4 is 12.0 Å². The van der Waals surface area contributed by atoms with E-state index in [0.717, 1.165) is 37.2 Å². The van der Waals surface area contributed by atoms with Gasteiger partial charge in [0, 0.05) is 23.9 Å². The third-order valence-electron chi connectivity index (χ3n) is 4.62. The first-order valence-electron chi connectivity index (χ1n) is 8.52. The Kier molecular flexibility index (Phi) is 5.85. The fraction of sp³-hybridized carbons (Fsp3) is 0.706. The fourth-order valence-electron chi connectivity index (χ4n) is 3.33. The lowest BCUT2D eigenvalue weighted by molar-refractivity contribution is -0.126. The molecule has 0 spiro atoms. The van der Waals surface area contributed by atoms with Crippen molar-refractivity contribution in [3.05, 3.63) is 17.7 Å². The highest BCUT2D eigenvalue weighted by Crippen LogP contribution is 2.32. The number of nitrogens with one attached hydrogen (secondary N) is 3. The lowest BCUT2D eigenvalue weighted by Gasteiger charge is -2.32. The van der Waals surface area contributed by atoms with Gasteiger partial charge >= 0.3 is 6.09 Å². The Morgan fingerprint density at radius 2 is 2.04 bits per heavy atom. The summed E-state index contributed by atoms with van der Waals surface area (Å²) in [5.41, 5.74) is 0.712. The van der Waals surface area contributed by atoms with Crippen molar-refractivity contribution in [2.75, 3.05) is 7.11 Å². The first-order valence-corrected chi connectivity index (χ1v) is 8.52. The number of aromatic amines is 1. The van der Waals surface area contributed by atoms with Crippen molar-refractivity contribution in [3.8, 4) is 0 Å². The smallest absolute Gasteiger partial charge is 0.407 e. The Hall–Kier alpha value is -2.05. The van der Waals surface area contributed by atoms with E-state index in [0.29, 0.717) is 6.42 Å². The number of alkyl carbamates (subject to hydrolysis) is 1. The average Bonchev–Trinajstić information content (AvgIpc) is 3.13. The first kappa shape index (κ1) is 18.3. The van der Waals surface area contributed by atoms with E-state index in [1.807, 2.05) is 20.8 Å². The van der Waals surface area contributed by atoms with Gasteiger partial charge in [0.1, 0.15) is 11.9 Å². The number of hydrogen-bond acceptors (Lipinski definition) is 4. The largest absolute Gasteiger partial charge is 0.453 e. The molecular weight excluding hydrogens is 308 g/mol. The molecule has 0 bridgehead atoms. The normalized spacial score (nSPS) is 17.5. The Morgan fingerprint density at radius 3 is 2.54 bits per heavy atom. The highest BCUT2D eigenvalue weighted by atomic mass is 16.5. The molecule has 2 rings (SSSR count). The molecule has 134 valence electrons. The summed E-state index contributed by atoms with van der Waals surface area (Å²) in [5, 5.41) is 5.82. The van der Waals surface area contributed by atoms with Gasteiger partial charge < -0.3 is 20.4 Å². The number of H-pyrrole nitrogens is 1. The molecule has 7 heteroatoms. The van der Waals surface area contributed by atoms with E-state index in [1.54, 1.807) is 6.20 Å². The SMILES string of the molecule is COC(=O)N[C@H](C(=O)NC1(Cc2ncc(C)[nH]2)CCCC1)C(C)C. The van der Waals surface area contributed by atoms with Crippen molar-refractivity contribution in [1.82, 2.24) is 20.6 Å². The molecule has 0 saturated heterocycles. The molecule has 1 atom stereocenters. The van der Waals surface area contributed by atoms with E-state index in [-0.39, 0.29) is 17.4 Å². The topological polar surface area (TPSA) is 96.1 Å². The van der Waals surface area contributed by atoms with Gasteiger partial charge in [0.25, 0.3) is 0 Å². The molecule has 1 heterocycles. The number of aromatic nitrogens is 2. The van der Waals surface area contributed by atoms with E-state index in [1.165, 1.54) is 7.11 Å². The molecule has 3 N–H and O–H groups in total. The molecule has 1 aliphatic carbocycles. The number of imidazole rings is 1. The number of amides is 2. The van der Waals surface area contributed by atoms with Crippen LogP contribution in [0.1, 0.15) is 51.0 Å². The zero-order chi connectivity index (χ0) is 17.7. The van der Waals surface area contributed by atoms with Crippen LogP contribution in [0.5, 0.6) is 0 Å². The van der Waals surface area contributed by atoms with Crippen LogP contribution in [0, 0.1) is 12.8 Å². The minimum absolute atomic E-state index is 0.0339. The summed E-state index contributed by atoms with van der Waals surface area (Å²) in [4.78, 5) is 31.9. The predicted molar refractivity (Wildman–Crippen MR) is 90.5 cm³/mol. The average molecular weight is 336 g/mol. The van der Waals surface area contributed by atoms with Crippen LogP contribution in [0.4, 0.5) is 4.79 Å². The molecule has 7 nitrogen and oxygen atoms in total. The van der Waals surface area contributed by atoms with Crippen LogP contribution in [0.2, 0.25) is 0 Å². The van der Waals surface area contributed by atoms with Gasteiger partial charge in [0.05, 0.1) is 7.11 Å². The van der Waals surface area contributed by atoms with E-state index in [9.17, 15) is 9.59 Å². The van der Waals surface area contributed by atoms with Crippen LogP contribution in [-0.4, -0.2) is 40.7 Å². The highest BCUT2D eigenvalue weighted by Gasteiger charge is 2.38. The standard InChI is InChI=1S/C17H28N4O3/c1-11(2)14(20-16(23)24-4)15(22)21-17(7-5-6-8-17)9-13-18-10-12(3)19-13/h10-11,14H,5-9H2,1-4H3,(H,18,19)(H,20,23)(H,21,22)/t14-/m0/s1. The van der Waals surface area contributed by atoms with Crippen LogP contribution in [0.15, 0.2) is 6.20 Å². The molecule has 1 aromatic heterocycles. The summed E-state index contributed by atoms with van der Waals surface area (Å²) >= 11 is 0. The predicted octanol–water partition coefficient (Wildman–Crippen LogP) is 2.07. The minimum Gasteiger partial charge on any atom is -0.453 e. The van der Waals surface area contributed by atoms with Gasteiger partial charge in [-0.1, -0.05) is 26.7 Å².